The molecule has 0 bridgehead atoms. The van der Waals surface area contributed by atoms with Gasteiger partial charge in [-0.2, -0.15) is 0 Å². The van der Waals surface area contributed by atoms with Gasteiger partial charge in [-0.05, 0) is 6.92 Å². The third-order valence-corrected chi connectivity index (χ3v) is 2.90. The van der Waals surface area contributed by atoms with Gasteiger partial charge in [0.1, 0.15) is 0 Å². The van der Waals surface area contributed by atoms with Gasteiger partial charge >= 0.3 is 0 Å². The Morgan fingerprint density at radius 2 is 2.08 bits per heavy atom. The number of nitrogens with zero attached hydrogens (tertiary/aromatic N) is 1. The number of nitrogens with one attached hydrogen (secondary N) is 1. The molecule has 3 atom stereocenters. The van der Waals surface area contributed by atoms with E-state index in [0.717, 1.165) is 0 Å². The molecule has 2 heterocycles. The quantitative estimate of drug-likeness (QED) is 0.482. The Balaban J connectivity index is 2.32. The van der Waals surface area contributed by atoms with Crippen LogP contribution < -0.4 is 5.32 Å². The molecule has 0 aromatic heterocycles. The summed E-state index contributed by atoms with van der Waals surface area (Å²) >= 11 is 0. The fraction of sp³-hybridized carbons (Fsp3) is 0.750. The first-order valence-corrected chi connectivity index (χ1v) is 4.17. The van der Waals surface area contributed by atoms with Gasteiger partial charge in [-0.15, -0.1) is 0 Å². The summed E-state index contributed by atoms with van der Waals surface area (Å²) in [6.45, 7) is 2.61. The maximum absolute atomic E-state index is 11.5. The van der Waals surface area contributed by atoms with Crippen molar-refractivity contribution in [2.45, 2.75) is 13.0 Å². The molecule has 2 aliphatic rings. The summed E-state index contributed by atoms with van der Waals surface area (Å²) in [5.41, 5.74) is 0. The molecule has 12 heavy (non-hydrogen) atoms. The molecular formula is C8H12N2O2. The van der Waals surface area contributed by atoms with Crippen LogP contribution >= 0.6 is 0 Å². The molecule has 2 aliphatic heterocycles. The summed E-state index contributed by atoms with van der Waals surface area (Å²) in [4.78, 5) is 24.1. The second kappa shape index (κ2) is 2.29. The van der Waals surface area contributed by atoms with Crippen LogP contribution in [-0.4, -0.2) is 36.3 Å². The standard InChI is InChI=1S/C8H12N2O2/c1-4-6-5(3-9-4)7(11)10(2)8(6)12/h4-6,9H,3H2,1-2H3/t4-,5+,6-/m0/s1. The molecule has 4 heteroatoms. The van der Waals surface area contributed by atoms with E-state index in [1.807, 2.05) is 6.92 Å². The Labute approximate surface area is 70.9 Å². The fourth-order valence-electron chi connectivity index (χ4n) is 2.12. The lowest BCUT2D eigenvalue weighted by Crippen LogP contribution is -2.34. The van der Waals surface area contributed by atoms with Crippen molar-refractivity contribution in [2.24, 2.45) is 11.8 Å². The monoisotopic (exact) mass is 168 g/mol. The number of imide groups is 1. The first-order chi connectivity index (χ1) is 5.63. The van der Waals surface area contributed by atoms with Gasteiger partial charge in [0.2, 0.25) is 11.8 Å². The van der Waals surface area contributed by atoms with E-state index < -0.39 is 0 Å². The highest BCUT2D eigenvalue weighted by Crippen LogP contribution is 2.31. The van der Waals surface area contributed by atoms with Crippen molar-refractivity contribution in [3.8, 4) is 0 Å². The van der Waals surface area contributed by atoms with Crippen LogP contribution in [0, 0.1) is 11.8 Å². The number of carbonyl (C=O) groups is 2. The van der Waals surface area contributed by atoms with E-state index in [1.54, 1.807) is 7.05 Å². The van der Waals surface area contributed by atoms with Crippen LogP contribution in [0.4, 0.5) is 0 Å². The average Bonchev–Trinajstić information content (AvgIpc) is 2.51. The van der Waals surface area contributed by atoms with E-state index >= 15 is 0 Å². The van der Waals surface area contributed by atoms with Gasteiger partial charge in [0.25, 0.3) is 0 Å². The molecular weight excluding hydrogens is 156 g/mol. The third-order valence-electron chi connectivity index (χ3n) is 2.90. The maximum atomic E-state index is 11.5. The highest BCUT2D eigenvalue weighted by Gasteiger charge is 2.51. The molecule has 1 N–H and O–H groups in total. The Hall–Kier alpha value is -0.900. The van der Waals surface area contributed by atoms with E-state index in [1.165, 1.54) is 4.90 Å². The summed E-state index contributed by atoms with van der Waals surface area (Å²) in [5.74, 6) is -0.260. The van der Waals surface area contributed by atoms with Crippen molar-refractivity contribution in [2.75, 3.05) is 13.6 Å². The molecule has 0 saturated carbocycles. The van der Waals surface area contributed by atoms with Crippen LogP contribution in [0.15, 0.2) is 0 Å². The van der Waals surface area contributed by atoms with Gasteiger partial charge in [0.15, 0.2) is 0 Å². The van der Waals surface area contributed by atoms with Gasteiger partial charge in [0.05, 0.1) is 11.8 Å². The highest BCUT2D eigenvalue weighted by atomic mass is 16.2. The minimum Gasteiger partial charge on any atom is -0.313 e. The molecule has 2 rings (SSSR count). The molecule has 0 radical (unpaired) electrons. The molecule has 2 fully saturated rings. The molecule has 0 aromatic carbocycles. The van der Waals surface area contributed by atoms with Gasteiger partial charge in [-0.1, -0.05) is 0 Å². The Kier molecular flexibility index (Phi) is 1.48. The second-order valence-electron chi connectivity index (χ2n) is 3.56. The van der Waals surface area contributed by atoms with E-state index in [0.29, 0.717) is 6.54 Å². The van der Waals surface area contributed by atoms with Crippen molar-refractivity contribution in [3.63, 3.8) is 0 Å². The molecule has 0 spiro atoms. The smallest absolute Gasteiger partial charge is 0.234 e. The lowest BCUT2D eigenvalue weighted by Gasteiger charge is -2.11. The molecule has 0 aliphatic carbocycles. The van der Waals surface area contributed by atoms with Crippen LogP contribution in [0.1, 0.15) is 6.92 Å². The summed E-state index contributed by atoms with van der Waals surface area (Å²) < 4.78 is 0. The summed E-state index contributed by atoms with van der Waals surface area (Å²) in [5, 5.41) is 3.13. The van der Waals surface area contributed by atoms with E-state index in [9.17, 15) is 9.59 Å². The second-order valence-corrected chi connectivity index (χ2v) is 3.56. The number of hydrogen-bond acceptors (Lipinski definition) is 3. The lowest BCUT2D eigenvalue weighted by atomic mass is 9.94. The summed E-state index contributed by atoms with van der Waals surface area (Å²) in [6, 6.07) is 0.149. The Morgan fingerprint density at radius 3 is 2.67 bits per heavy atom. The van der Waals surface area contributed by atoms with Gasteiger partial charge in [0, 0.05) is 19.6 Å². The molecule has 2 amide bonds. The van der Waals surface area contributed by atoms with Crippen LogP contribution in [0.5, 0.6) is 0 Å². The van der Waals surface area contributed by atoms with E-state index in [2.05, 4.69) is 5.32 Å². The zero-order chi connectivity index (χ0) is 8.88. The van der Waals surface area contributed by atoms with Crippen LogP contribution in [0.3, 0.4) is 0 Å². The number of hydrogen-bond donors (Lipinski definition) is 1. The van der Waals surface area contributed by atoms with Crippen molar-refractivity contribution < 1.29 is 9.59 Å². The number of rotatable bonds is 0. The molecule has 0 unspecified atom stereocenters. The third kappa shape index (κ3) is 0.756. The van der Waals surface area contributed by atoms with Crippen molar-refractivity contribution in [1.29, 1.82) is 0 Å². The minimum absolute atomic E-state index is 0.0255. The normalized spacial score (nSPS) is 40.8. The highest BCUT2D eigenvalue weighted by molar-refractivity contribution is 6.05. The number of carbonyl (C=O) groups excluding carboxylic acids is 2. The fourth-order valence-corrected chi connectivity index (χ4v) is 2.12. The number of fused-ring (bicyclic) bond motifs is 1. The average molecular weight is 168 g/mol. The lowest BCUT2D eigenvalue weighted by molar-refractivity contribution is -0.138. The molecule has 66 valence electrons. The first-order valence-electron chi connectivity index (χ1n) is 4.17. The minimum atomic E-state index is -0.109. The van der Waals surface area contributed by atoms with Gasteiger partial charge < -0.3 is 5.32 Å². The molecule has 4 nitrogen and oxygen atoms in total. The van der Waals surface area contributed by atoms with Crippen LogP contribution in [0.25, 0.3) is 0 Å². The zero-order valence-electron chi connectivity index (χ0n) is 7.20. The summed E-state index contributed by atoms with van der Waals surface area (Å²) in [7, 11) is 1.57. The number of likely N-dealkylation sites (tertiary alicyclic amines) is 1. The van der Waals surface area contributed by atoms with Gasteiger partial charge in [-0.25, -0.2) is 0 Å². The van der Waals surface area contributed by atoms with Crippen LogP contribution in [0.2, 0.25) is 0 Å². The Morgan fingerprint density at radius 1 is 1.42 bits per heavy atom. The van der Waals surface area contributed by atoms with E-state index in [-0.39, 0.29) is 29.7 Å². The van der Waals surface area contributed by atoms with Crippen molar-refractivity contribution >= 4 is 11.8 Å². The van der Waals surface area contributed by atoms with Crippen LogP contribution in [-0.2, 0) is 9.59 Å². The number of amides is 2. The maximum Gasteiger partial charge on any atom is 0.234 e. The summed E-state index contributed by atoms with van der Waals surface area (Å²) in [6.07, 6.45) is 0. The predicted molar refractivity (Wildman–Crippen MR) is 42.2 cm³/mol. The largest absolute Gasteiger partial charge is 0.313 e. The van der Waals surface area contributed by atoms with Crippen molar-refractivity contribution in [1.82, 2.24) is 10.2 Å². The van der Waals surface area contributed by atoms with Crippen molar-refractivity contribution in [3.05, 3.63) is 0 Å². The zero-order valence-corrected chi connectivity index (χ0v) is 7.20. The topological polar surface area (TPSA) is 49.4 Å². The Bertz CT molecular complexity index is 251. The molecule has 0 aromatic rings. The predicted octanol–water partition coefficient (Wildman–Crippen LogP) is -0.791. The first kappa shape index (κ1) is 7.73. The van der Waals surface area contributed by atoms with E-state index in [4.69, 9.17) is 0 Å². The SMILES string of the molecule is C[C@@H]1NC[C@H]2C(=O)N(C)C(=O)[C@@H]12. The van der Waals surface area contributed by atoms with Gasteiger partial charge in [-0.3, -0.25) is 14.5 Å². The molecule has 2 saturated heterocycles.